The van der Waals surface area contributed by atoms with Crippen molar-refractivity contribution in [3.63, 3.8) is 0 Å². The maximum absolute atomic E-state index is 12.4. The highest BCUT2D eigenvalue weighted by Crippen LogP contribution is 2.26. The van der Waals surface area contributed by atoms with Gasteiger partial charge in [0, 0.05) is 19.7 Å². The van der Waals surface area contributed by atoms with E-state index in [0.717, 1.165) is 0 Å². The maximum atomic E-state index is 12.4. The van der Waals surface area contributed by atoms with Gasteiger partial charge in [-0.2, -0.15) is 0 Å². The van der Waals surface area contributed by atoms with Crippen LogP contribution in [0.5, 0.6) is 0 Å². The summed E-state index contributed by atoms with van der Waals surface area (Å²) in [7, 11) is 0. The smallest absolute Gasteiger partial charge is 0.245 e. The van der Waals surface area contributed by atoms with Crippen LogP contribution >= 0.6 is 0 Å². The molecular formula is C13H16N2O2. The molecule has 17 heavy (non-hydrogen) atoms. The van der Waals surface area contributed by atoms with Gasteiger partial charge in [0.2, 0.25) is 5.91 Å². The Morgan fingerprint density at radius 2 is 1.94 bits per heavy atom. The third-order valence-electron chi connectivity index (χ3n) is 3.61. The Kier molecular flexibility index (Phi) is 2.42. The van der Waals surface area contributed by atoms with Crippen molar-refractivity contribution < 1.29 is 9.53 Å². The van der Waals surface area contributed by atoms with Crippen molar-refractivity contribution >= 4 is 5.91 Å². The lowest BCUT2D eigenvalue weighted by Gasteiger charge is -2.27. The monoisotopic (exact) mass is 232 g/mol. The standard InChI is InChI=1S/C13H16N2O2/c14-13(5-6-17-9-13)12(16)15-7-10-3-1-2-4-11(10)8-15/h1-4H,5-9,14H2. The highest BCUT2D eigenvalue weighted by molar-refractivity contribution is 5.87. The van der Waals surface area contributed by atoms with Gasteiger partial charge in [-0.3, -0.25) is 4.79 Å². The van der Waals surface area contributed by atoms with Crippen LogP contribution in [0.25, 0.3) is 0 Å². The van der Waals surface area contributed by atoms with Gasteiger partial charge in [-0.1, -0.05) is 24.3 Å². The van der Waals surface area contributed by atoms with Crippen LogP contribution in [0.3, 0.4) is 0 Å². The van der Waals surface area contributed by atoms with Crippen LogP contribution < -0.4 is 5.73 Å². The van der Waals surface area contributed by atoms with Crippen LogP contribution in [0, 0.1) is 0 Å². The zero-order valence-electron chi connectivity index (χ0n) is 9.69. The SMILES string of the molecule is NC1(C(=O)N2Cc3ccccc3C2)CCOC1. The first-order valence-electron chi connectivity index (χ1n) is 5.92. The molecule has 4 nitrogen and oxygen atoms in total. The summed E-state index contributed by atoms with van der Waals surface area (Å²) in [4.78, 5) is 14.2. The zero-order valence-corrected chi connectivity index (χ0v) is 9.69. The van der Waals surface area contributed by atoms with Crippen molar-refractivity contribution in [3.8, 4) is 0 Å². The molecule has 0 radical (unpaired) electrons. The summed E-state index contributed by atoms with van der Waals surface area (Å²) in [6.45, 7) is 2.28. The first-order chi connectivity index (χ1) is 8.19. The number of hydrogen-bond acceptors (Lipinski definition) is 3. The molecule has 0 bridgehead atoms. The molecule has 2 N–H and O–H groups in total. The predicted molar refractivity (Wildman–Crippen MR) is 63.1 cm³/mol. The summed E-state index contributed by atoms with van der Waals surface area (Å²) < 4.78 is 5.25. The molecule has 90 valence electrons. The van der Waals surface area contributed by atoms with Gasteiger partial charge < -0.3 is 15.4 Å². The molecule has 0 aromatic heterocycles. The Morgan fingerprint density at radius 1 is 1.29 bits per heavy atom. The molecule has 2 heterocycles. The van der Waals surface area contributed by atoms with E-state index in [1.807, 2.05) is 17.0 Å². The third kappa shape index (κ3) is 1.73. The van der Waals surface area contributed by atoms with E-state index in [0.29, 0.717) is 32.7 Å². The number of carbonyl (C=O) groups is 1. The summed E-state index contributed by atoms with van der Waals surface area (Å²) >= 11 is 0. The van der Waals surface area contributed by atoms with Crippen molar-refractivity contribution in [2.45, 2.75) is 25.0 Å². The molecule has 1 fully saturated rings. The summed E-state index contributed by atoms with van der Waals surface area (Å²) in [5.41, 5.74) is 7.75. The number of nitrogens with two attached hydrogens (primary N) is 1. The zero-order chi connectivity index (χ0) is 11.9. The van der Waals surface area contributed by atoms with Gasteiger partial charge in [0.05, 0.1) is 6.61 Å². The topological polar surface area (TPSA) is 55.6 Å². The molecule has 0 saturated carbocycles. The van der Waals surface area contributed by atoms with E-state index in [4.69, 9.17) is 10.5 Å². The van der Waals surface area contributed by atoms with Gasteiger partial charge in [0.15, 0.2) is 0 Å². The van der Waals surface area contributed by atoms with Gasteiger partial charge in [-0.05, 0) is 17.5 Å². The minimum atomic E-state index is -0.804. The van der Waals surface area contributed by atoms with E-state index >= 15 is 0 Å². The lowest BCUT2D eigenvalue weighted by molar-refractivity contribution is -0.137. The number of ether oxygens (including phenoxy) is 1. The molecule has 2 aliphatic rings. The predicted octanol–water partition coefficient (Wildman–Crippen LogP) is 0.647. The van der Waals surface area contributed by atoms with E-state index in [9.17, 15) is 4.79 Å². The normalized spacial score (nSPS) is 27.2. The minimum absolute atomic E-state index is 0.0196. The molecule has 1 atom stereocenters. The Labute approximate surface area is 100 Å². The largest absolute Gasteiger partial charge is 0.379 e. The van der Waals surface area contributed by atoms with E-state index < -0.39 is 5.54 Å². The Balaban J connectivity index is 1.78. The first kappa shape index (κ1) is 10.7. The first-order valence-corrected chi connectivity index (χ1v) is 5.92. The molecule has 1 aromatic carbocycles. The average molecular weight is 232 g/mol. The summed E-state index contributed by atoms with van der Waals surface area (Å²) in [5.74, 6) is 0.0196. The highest BCUT2D eigenvalue weighted by Gasteiger charge is 2.42. The second kappa shape index (κ2) is 3.82. The highest BCUT2D eigenvalue weighted by atomic mass is 16.5. The van der Waals surface area contributed by atoms with Crippen LogP contribution in [0.2, 0.25) is 0 Å². The second-order valence-electron chi connectivity index (χ2n) is 4.89. The van der Waals surface area contributed by atoms with Crippen molar-refractivity contribution in [3.05, 3.63) is 35.4 Å². The lowest BCUT2D eigenvalue weighted by atomic mass is 9.98. The molecule has 1 aromatic rings. The van der Waals surface area contributed by atoms with Gasteiger partial charge in [-0.25, -0.2) is 0 Å². The van der Waals surface area contributed by atoms with E-state index in [1.165, 1.54) is 11.1 Å². The average Bonchev–Trinajstić information content (AvgIpc) is 2.94. The number of nitrogens with zero attached hydrogens (tertiary/aromatic N) is 1. The lowest BCUT2D eigenvalue weighted by Crippen LogP contribution is -2.54. The Hall–Kier alpha value is -1.39. The van der Waals surface area contributed by atoms with Crippen molar-refractivity contribution in [2.24, 2.45) is 5.73 Å². The quantitative estimate of drug-likeness (QED) is 0.773. The van der Waals surface area contributed by atoms with Gasteiger partial charge in [0.25, 0.3) is 0 Å². The molecular weight excluding hydrogens is 216 g/mol. The van der Waals surface area contributed by atoms with Crippen LogP contribution in [0.4, 0.5) is 0 Å². The molecule has 0 aliphatic carbocycles. The Bertz CT molecular complexity index is 427. The molecule has 4 heteroatoms. The van der Waals surface area contributed by atoms with Crippen molar-refractivity contribution in [1.82, 2.24) is 4.90 Å². The van der Waals surface area contributed by atoms with Crippen molar-refractivity contribution in [2.75, 3.05) is 13.2 Å². The van der Waals surface area contributed by atoms with Gasteiger partial charge in [-0.15, -0.1) is 0 Å². The number of carbonyl (C=O) groups excluding carboxylic acids is 1. The van der Waals surface area contributed by atoms with Crippen LogP contribution in [-0.2, 0) is 22.6 Å². The minimum Gasteiger partial charge on any atom is -0.379 e. The fraction of sp³-hybridized carbons (Fsp3) is 0.462. The number of benzene rings is 1. The van der Waals surface area contributed by atoms with E-state index in [2.05, 4.69) is 12.1 Å². The molecule has 3 rings (SSSR count). The number of hydrogen-bond donors (Lipinski definition) is 1. The fourth-order valence-corrected chi connectivity index (χ4v) is 2.54. The summed E-state index contributed by atoms with van der Waals surface area (Å²) in [5, 5.41) is 0. The summed E-state index contributed by atoms with van der Waals surface area (Å²) in [6, 6.07) is 8.14. The van der Waals surface area contributed by atoms with E-state index in [-0.39, 0.29) is 5.91 Å². The van der Waals surface area contributed by atoms with Crippen LogP contribution in [-0.4, -0.2) is 29.6 Å². The fourth-order valence-electron chi connectivity index (χ4n) is 2.54. The van der Waals surface area contributed by atoms with Crippen LogP contribution in [0.15, 0.2) is 24.3 Å². The number of rotatable bonds is 1. The van der Waals surface area contributed by atoms with E-state index in [1.54, 1.807) is 0 Å². The van der Waals surface area contributed by atoms with Crippen molar-refractivity contribution in [1.29, 1.82) is 0 Å². The molecule has 1 unspecified atom stereocenters. The molecule has 0 spiro atoms. The van der Waals surface area contributed by atoms with Gasteiger partial charge >= 0.3 is 0 Å². The summed E-state index contributed by atoms with van der Waals surface area (Å²) in [6.07, 6.45) is 0.624. The molecule has 1 amide bonds. The Morgan fingerprint density at radius 3 is 2.47 bits per heavy atom. The maximum Gasteiger partial charge on any atom is 0.245 e. The van der Waals surface area contributed by atoms with Gasteiger partial charge in [0.1, 0.15) is 5.54 Å². The number of fused-ring (bicyclic) bond motifs is 1. The molecule has 2 aliphatic heterocycles. The number of amides is 1. The third-order valence-corrected chi connectivity index (χ3v) is 3.61. The van der Waals surface area contributed by atoms with Crippen LogP contribution in [0.1, 0.15) is 17.5 Å². The molecule has 1 saturated heterocycles. The second-order valence-corrected chi connectivity index (χ2v) is 4.89.